The number of rotatable bonds is 4. The number of anilines is 2. The molecule has 1 aromatic carbocycles. The van der Waals surface area contributed by atoms with E-state index in [2.05, 4.69) is 26.4 Å². The summed E-state index contributed by atoms with van der Waals surface area (Å²) in [6.07, 6.45) is 0.501. The van der Waals surface area contributed by atoms with Gasteiger partial charge in [0.15, 0.2) is 0 Å². The topological polar surface area (TPSA) is 87.1 Å². The Kier molecular flexibility index (Phi) is 5.58. The van der Waals surface area contributed by atoms with Crippen LogP contribution in [-0.4, -0.2) is 20.7 Å². The normalized spacial score (nSPS) is 13.7. The fraction of sp³-hybridized carbons (Fsp3) is 0.227. The summed E-state index contributed by atoms with van der Waals surface area (Å²) in [6, 6.07) is 4.78. The number of alkyl halides is 3. The van der Waals surface area contributed by atoms with Crippen molar-refractivity contribution in [1.29, 1.82) is 0 Å². The molecular formula is C22H22F3N7O. The highest BCUT2D eigenvalue weighted by atomic mass is 19.4. The van der Waals surface area contributed by atoms with E-state index in [0.717, 1.165) is 29.1 Å². The molecule has 8 nitrogen and oxygen atoms in total. The van der Waals surface area contributed by atoms with Crippen molar-refractivity contribution in [2.75, 3.05) is 10.3 Å². The molecule has 3 heterocycles. The highest BCUT2D eigenvalue weighted by Gasteiger charge is 2.31. The third-order valence-corrected chi connectivity index (χ3v) is 5.48. The maximum atomic E-state index is 13.1. The van der Waals surface area contributed by atoms with Gasteiger partial charge < -0.3 is 10.7 Å². The summed E-state index contributed by atoms with van der Waals surface area (Å²) in [6.45, 7) is 5.34. The molecule has 0 unspecified atom stereocenters. The molecule has 172 valence electrons. The first kappa shape index (κ1) is 22.3. The largest absolute Gasteiger partial charge is 0.416 e. The van der Waals surface area contributed by atoms with Crippen LogP contribution in [0.3, 0.4) is 0 Å². The summed E-state index contributed by atoms with van der Waals surface area (Å²) in [5.41, 5.74) is 9.97. The summed E-state index contributed by atoms with van der Waals surface area (Å²) in [5.74, 6) is -0.648. The summed E-state index contributed by atoms with van der Waals surface area (Å²) in [4.78, 5) is 17.1. The van der Waals surface area contributed by atoms with E-state index < -0.39 is 17.6 Å². The molecule has 11 heteroatoms. The number of hydrazine groups is 2. The lowest BCUT2D eigenvalue weighted by Gasteiger charge is -2.18. The third-order valence-electron chi connectivity index (χ3n) is 5.48. The Morgan fingerprint density at radius 1 is 1.12 bits per heavy atom. The van der Waals surface area contributed by atoms with Gasteiger partial charge in [0.05, 0.1) is 40.7 Å². The van der Waals surface area contributed by atoms with Crippen LogP contribution in [0.5, 0.6) is 0 Å². The number of nitrogens with zero attached hydrogens (tertiary/aromatic N) is 4. The average molecular weight is 457 g/mol. The second-order valence-corrected chi connectivity index (χ2v) is 7.73. The van der Waals surface area contributed by atoms with Crippen LogP contribution in [0, 0.1) is 20.8 Å². The lowest BCUT2D eigenvalue weighted by atomic mass is 10.0. The van der Waals surface area contributed by atoms with E-state index in [1.807, 2.05) is 20.2 Å². The summed E-state index contributed by atoms with van der Waals surface area (Å²) in [7, 11) is 1.85. The number of halogens is 3. The first-order valence-electron chi connectivity index (χ1n) is 10.0. The zero-order valence-corrected chi connectivity index (χ0v) is 18.4. The quantitative estimate of drug-likeness (QED) is 0.552. The summed E-state index contributed by atoms with van der Waals surface area (Å²) in [5, 5.41) is 8.59. The van der Waals surface area contributed by atoms with Crippen molar-refractivity contribution in [3.63, 3.8) is 0 Å². The number of carbonyl (C=O) groups is 1. The number of amides is 1. The lowest BCUT2D eigenvalue weighted by molar-refractivity contribution is -0.137. The van der Waals surface area contributed by atoms with Crippen LogP contribution in [-0.2, 0) is 13.2 Å². The SMILES string of the molecule is Cc1ccc(C(F)(F)F)cc1C(=O)Nc1cnc(C)c(N2C=C(c3cnn(C)c3C)NN2)c1. The van der Waals surface area contributed by atoms with Gasteiger partial charge in [-0.25, -0.2) is 0 Å². The van der Waals surface area contributed by atoms with Crippen molar-refractivity contribution < 1.29 is 18.0 Å². The van der Waals surface area contributed by atoms with Crippen molar-refractivity contribution >= 4 is 23.0 Å². The van der Waals surface area contributed by atoms with Crippen molar-refractivity contribution in [1.82, 2.24) is 25.7 Å². The predicted molar refractivity (Wildman–Crippen MR) is 118 cm³/mol. The van der Waals surface area contributed by atoms with Crippen LogP contribution in [0.15, 0.2) is 42.9 Å². The highest BCUT2D eigenvalue weighted by Crippen LogP contribution is 2.31. The zero-order valence-electron chi connectivity index (χ0n) is 18.4. The van der Waals surface area contributed by atoms with E-state index in [1.165, 1.54) is 12.3 Å². The number of hydrogen-bond acceptors (Lipinski definition) is 6. The van der Waals surface area contributed by atoms with E-state index >= 15 is 0 Å². The average Bonchev–Trinajstić information content (AvgIpc) is 3.36. The van der Waals surface area contributed by atoms with Gasteiger partial charge in [-0.2, -0.15) is 18.3 Å². The number of aromatic nitrogens is 3. The number of carbonyl (C=O) groups excluding carboxylic acids is 1. The third kappa shape index (κ3) is 4.40. The molecule has 2 aromatic heterocycles. The molecule has 1 aliphatic heterocycles. The minimum Gasteiger partial charge on any atom is -0.321 e. The molecule has 1 amide bonds. The molecule has 0 spiro atoms. The Labute approximate surface area is 188 Å². The molecule has 0 saturated carbocycles. The predicted octanol–water partition coefficient (Wildman–Crippen LogP) is 3.84. The number of nitrogens with one attached hydrogen (secondary N) is 3. The number of pyridine rings is 1. The van der Waals surface area contributed by atoms with Gasteiger partial charge in [0.1, 0.15) is 0 Å². The van der Waals surface area contributed by atoms with E-state index in [9.17, 15) is 18.0 Å². The number of hydrogen-bond donors (Lipinski definition) is 3. The first-order valence-corrected chi connectivity index (χ1v) is 10.0. The van der Waals surface area contributed by atoms with Crippen LogP contribution in [0.25, 0.3) is 5.70 Å². The van der Waals surface area contributed by atoms with E-state index in [1.54, 1.807) is 35.8 Å². The molecule has 33 heavy (non-hydrogen) atoms. The van der Waals surface area contributed by atoms with Gasteiger partial charge in [0, 0.05) is 30.1 Å². The number of benzene rings is 1. The van der Waals surface area contributed by atoms with Crippen molar-refractivity contribution in [3.8, 4) is 0 Å². The Balaban J connectivity index is 1.59. The fourth-order valence-electron chi connectivity index (χ4n) is 3.42. The first-order chi connectivity index (χ1) is 15.5. The van der Waals surface area contributed by atoms with E-state index in [4.69, 9.17) is 0 Å². The molecule has 1 aliphatic rings. The fourth-order valence-corrected chi connectivity index (χ4v) is 3.42. The highest BCUT2D eigenvalue weighted by molar-refractivity contribution is 6.05. The summed E-state index contributed by atoms with van der Waals surface area (Å²) < 4.78 is 41.0. The smallest absolute Gasteiger partial charge is 0.321 e. The molecule has 0 atom stereocenters. The molecule has 0 fully saturated rings. The molecular weight excluding hydrogens is 435 g/mol. The van der Waals surface area contributed by atoms with Gasteiger partial charge in [-0.05, 0) is 44.5 Å². The van der Waals surface area contributed by atoms with Crippen LogP contribution in [0.2, 0.25) is 0 Å². The Morgan fingerprint density at radius 2 is 1.88 bits per heavy atom. The maximum Gasteiger partial charge on any atom is 0.416 e. The zero-order chi connectivity index (χ0) is 23.9. The lowest BCUT2D eigenvalue weighted by Crippen LogP contribution is -2.36. The van der Waals surface area contributed by atoms with Gasteiger partial charge in [0.2, 0.25) is 0 Å². The molecule has 3 aromatic rings. The molecule has 0 bridgehead atoms. The molecule has 0 radical (unpaired) electrons. The van der Waals surface area contributed by atoms with Gasteiger partial charge >= 0.3 is 6.18 Å². The van der Waals surface area contributed by atoms with Crippen LogP contribution < -0.4 is 21.3 Å². The van der Waals surface area contributed by atoms with E-state index in [-0.39, 0.29) is 5.56 Å². The minimum absolute atomic E-state index is 0.0536. The van der Waals surface area contributed by atoms with Crippen LogP contribution in [0.1, 0.15) is 38.4 Å². The molecule has 4 rings (SSSR count). The van der Waals surface area contributed by atoms with Gasteiger partial charge in [-0.15, -0.1) is 5.53 Å². The van der Waals surface area contributed by atoms with Gasteiger partial charge in [-0.1, -0.05) is 6.07 Å². The Morgan fingerprint density at radius 3 is 2.55 bits per heavy atom. The van der Waals surface area contributed by atoms with Crippen LogP contribution in [0.4, 0.5) is 24.5 Å². The van der Waals surface area contributed by atoms with Crippen LogP contribution >= 0.6 is 0 Å². The molecule has 0 aliphatic carbocycles. The van der Waals surface area contributed by atoms with Crippen molar-refractivity contribution in [2.45, 2.75) is 26.9 Å². The monoisotopic (exact) mass is 457 g/mol. The molecule has 3 N–H and O–H groups in total. The standard InChI is InChI=1S/C22H22F3N7O/c1-12-5-6-15(22(23,24)25)7-17(12)21(33)28-16-8-20(13(2)26-9-16)32-11-19(29-30-32)18-10-27-31(4)14(18)3/h5-11,29-30H,1-4H3,(H,28,33). The van der Waals surface area contributed by atoms with Gasteiger partial charge in [0.25, 0.3) is 5.91 Å². The minimum atomic E-state index is -4.54. The second-order valence-electron chi connectivity index (χ2n) is 7.73. The van der Waals surface area contributed by atoms with Crippen molar-refractivity contribution in [3.05, 3.63) is 76.5 Å². The second kappa shape index (κ2) is 8.24. The Bertz CT molecular complexity index is 1260. The van der Waals surface area contributed by atoms with Crippen molar-refractivity contribution in [2.24, 2.45) is 7.05 Å². The molecule has 0 saturated heterocycles. The van der Waals surface area contributed by atoms with E-state index in [0.29, 0.717) is 22.6 Å². The Hall–Kier alpha value is -3.86. The summed E-state index contributed by atoms with van der Waals surface area (Å²) >= 11 is 0. The maximum absolute atomic E-state index is 13.1. The number of aryl methyl sites for hydroxylation is 3. The van der Waals surface area contributed by atoms with Gasteiger partial charge in [-0.3, -0.25) is 19.5 Å².